The molecule has 0 unspecified atom stereocenters. The van der Waals surface area contributed by atoms with E-state index in [-0.39, 0.29) is 0 Å². The van der Waals surface area contributed by atoms with E-state index in [1.54, 1.807) is 7.11 Å². The molecule has 1 aromatic rings. The lowest BCUT2D eigenvalue weighted by Crippen LogP contribution is -2.34. The highest BCUT2D eigenvalue weighted by Crippen LogP contribution is 2.51. The third kappa shape index (κ3) is 2.18. The zero-order valence-electron chi connectivity index (χ0n) is 12.0. The monoisotopic (exact) mass is 258 g/mol. The number of hydrogen-bond donors (Lipinski definition) is 0. The van der Waals surface area contributed by atoms with Crippen LogP contribution < -0.4 is 4.74 Å². The molecule has 1 fully saturated rings. The van der Waals surface area contributed by atoms with Crippen molar-refractivity contribution >= 4 is 5.78 Å². The molecular formula is C17H22O2. The van der Waals surface area contributed by atoms with Gasteiger partial charge in [-0.05, 0) is 60.3 Å². The number of hydrogen-bond acceptors (Lipinski definition) is 2. The Morgan fingerprint density at radius 2 is 2.11 bits per heavy atom. The second-order valence-corrected chi connectivity index (χ2v) is 6.85. The van der Waals surface area contributed by atoms with Crippen LogP contribution in [0.2, 0.25) is 0 Å². The van der Waals surface area contributed by atoms with Crippen LogP contribution in [-0.4, -0.2) is 12.9 Å². The molecule has 0 aromatic heterocycles. The van der Waals surface area contributed by atoms with Gasteiger partial charge in [0, 0.05) is 12.0 Å². The Morgan fingerprint density at radius 1 is 1.32 bits per heavy atom. The molecule has 2 aliphatic carbocycles. The number of Topliss-reactive ketones (excluding diaryl/α,β-unsaturated/α-hetero) is 1. The first-order chi connectivity index (χ1) is 9.00. The van der Waals surface area contributed by atoms with Crippen LogP contribution in [0, 0.1) is 11.3 Å². The van der Waals surface area contributed by atoms with Crippen LogP contribution in [0.1, 0.15) is 61.4 Å². The maximum atomic E-state index is 12.3. The molecule has 0 heterocycles. The van der Waals surface area contributed by atoms with Gasteiger partial charge in [0.25, 0.3) is 0 Å². The molecule has 2 atom stereocenters. The average molecular weight is 258 g/mol. The van der Waals surface area contributed by atoms with Crippen LogP contribution in [-0.2, 0) is 0 Å². The lowest BCUT2D eigenvalue weighted by molar-refractivity contribution is 0.0861. The van der Waals surface area contributed by atoms with Crippen LogP contribution >= 0.6 is 0 Å². The minimum Gasteiger partial charge on any atom is -0.497 e. The predicted molar refractivity (Wildman–Crippen MR) is 75.8 cm³/mol. The Balaban J connectivity index is 2.05. The summed E-state index contributed by atoms with van der Waals surface area (Å²) < 4.78 is 5.34. The fourth-order valence-electron chi connectivity index (χ4n) is 3.83. The van der Waals surface area contributed by atoms with E-state index in [4.69, 9.17) is 4.74 Å². The van der Waals surface area contributed by atoms with Crippen molar-refractivity contribution in [2.75, 3.05) is 7.11 Å². The summed E-state index contributed by atoms with van der Waals surface area (Å²) in [7, 11) is 1.69. The van der Waals surface area contributed by atoms with E-state index in [1.165, 1.54) is 24.8 Å². The van der Waals surface area contributed by atoms with Gasteiger partial charge >= 0.3 is 0 Å². The van der Waals surface area contributed by atoms with E-state index in [9.17, 15) is 4.79 Å². The molecule has 2 heteroatoms. The molecule has 3 rings (SSSR count). The number of fused-ring (bicyclic) bond motifs is 3. The first-order valence-electron chi connectivity index (χ1n) is 7.21. The summed E-state index contributed by atoms with van der Waals surface area (Å²) in [6, 6.07) is 5.95. The number of rotatable bonds is 1. The highest BCUT2D eigenvalue weighted by molar-refractivity contribution is 5.99. The summed E-state index contributed by atoms with van der Waals surface area (Å²) in [5, 5.41) is 0. The summed E-state index contributed by atoms with van der Waals surface area (Å²) in [5.74, 6) is 2.26. The van der Waals surface area contributed by atoms with Crippen molar-refractivity contribution in [1.82, 2.24) is 0 Å². The van der Waals surface area contributed by atoms with Gasteiger partial charge < -0.3 is 4.74 Å². The van der Waals surface area contributed by atoms with Gasteiger partial charge in [-0.15, -0.1) is 0 Å². The Labute approximate surface area is 115 Å². The topological polar surface area (TPSA) is 26.3 Å². The highest BCUT2D eigenvalue weighted by atomic mass is 16.5. The smallest absolute Gasteiger partial charge is 0.163 e. The number of carbonyl (C=O) groups is 1. The van der Waals surface area contributed by atoms with Gasteiger partial charge in [0.1, 0.15) is 5.75 Å². The van der Waals surface area contributed by atoms with Gasteiger partial charge in [0.15, 0.2) is 5.78 Å². The van der Waals surface area contributed by atoms with Gasteiger partial charge in [-0.25, -0.2) is 0 Å². The van der Waals surface area contributed by atoms with Crippen molar-refractivity contribution in [1.29, 1.82) is 0 Å². The molecule has 102 valence electrons. The fraction of sp³-hybridized carbons (Fsp3) is 0.588. The van der Waals surface area contributed by atoms with Crippen molar-refractivity contribution < 1.29 is 9.53 Å². The number of carbonyl (C=O) groups excluding carboxylic acids is 1. The second-order valence-electron chi connectivity index (χ2n) is 6.85. The first-order valence-corrected chi connectivity index (χ1v) is 7.21. The lowest BCUT2D eigenvalue weighted by atomic mass is 9.61. The van der Waals surface area contributed by atoms with Gasteiger partial charge in [-0.3, -0.25) is 4.79 Å². The van der Waals surface area contributed by atoms with Crippen molar-refractivity contribution in [3.63, 3.8) is 0 Å². The van der Waals surface area contributed by atoms with E-state index < -0.39 is 0 Å². The summed E-state index contributed by atoms with van der Waals surface area (Å²) >= 11 is 0. The quantitative estimate of drug-likeness (QED) is 0.755. The maximum absolute atomic E-state index is 12.3. The van der Waals surface area contributed by atoms with Crippen molar-refractivity contribution in [3.8, 4) is 5.75 Å². The van der Waals surface area contributed by atoms with Crippen molar-refractivity contribution in [2.24, 2.45) is 11.3 Å². The van der Waals surface area contributed by atoms with E-state index in [2.05, 4.69) is 19.9 Å². The minimum absolute atomic E-state index is 0.318. The highest BCUT2D eigenvalue weighted by Gasteiger charge is 2.41. The molecule has 0 N–H and O–H groups in total. The first kappa shape index (κ1) is 12.7. The third-order valence-corrected chi connectivity index (χ3v) is 4.94. The van der Waals surface area contributed by atoms with Crippen LogP contribution in [0.15, 0.2) is 18.2 Å². The average Bonchev–Trinajstić information content (AvgIpc) is 2.39. The Morgan fingerprint density at radius 3 is 2.84 bits per heavy atom. The zero-order chi connectivity index (χ0) is 13.6. The summed E-state index contributed by atoms with van der Waals surface area (Å²) in [4.78, 5) is 12.3. The molecule has 0 aliphatic heterocycles. The molecule has 2 aliphatic rings. The summed E-state index contributed by atoms with van der Waals surface area (Å²) in [5.41, 5.74) is 2.55. The van der Waals surface area contributed by atoms with E-state index in [0.29, 0.717) is 23.0 Å². The largest absolute Gasteiger partial charge is 0.497 e. The lowest BCUT2D eigenvalue weighted by Gasteiger charge is -2.43. The number of benzene rings is 1. The molecule has 0 spiro atoms. The fourth-order valence-corrected chi connectivity index (χ4v) is 3.83. The maximum Gasteiger partial charge on any atom is 0.163 e. The predicted octanol–water partition coefficient (Wildman–Crippen LogP) is 4.19. The van der Waals surface area contributed by atoms with Gasteiger partial charge in [-0.2, -0.15) is 0 Å². The van der Waals surface area contributed by atoms with Crippen molar-refractivity contribution in [3.05, 3.63) is 29.3 Å². The SMILES string of the molecule is COc1ccc2c(c1)[C@@H]1CC(C)(C)CC[C@@H]1CC2=O. The second kappa shape index (κ2) is 4.36. The normalized spacial score (nSPS) is 28.5. The van der Waals surface area contributed by atoms with Crippen LogP contribution in [0.4, 0.5) is 0 Å². The van der Waals surface area contributed by atoms with Crippen LogP contribution in [0.25, 0.3) is 0 Å². The molecule has 0 amide bonds. The van der Waals surface area contributed by atoms with E-state index in [1.807, 2.05) is 12.1 Å². The molecule has 1 aromatic carbocycles. The third-order valence-electron chi connectivity index (χ3n) is 4.94. The molecule has 1 saturated carbocycles. The van der Waals surface area contributed by atoms with E-state index in [0.717, 1.165) is 17.7 Å². The number of methoxy groups -OCH3 is 1. The Bertz CT molecular complexity index is 516. The van der Waals surface area contributed by atoms with Crippen LogP contribution in [0.3, 0.4) is 0 Å². The summed E-state index contributed by atoms with van der Waals surface area (Å²) in [6.07, 6.45) is 4.34. The number of ether oxygens (including phenoxy) is 1. The molecule has 0 saturated heterocycles. The Hall–Kier alpha value is -1.31. The van der Waals surface area contributed by atoms with Crippen molar-refractivity contribution in [2.45, 2.75) is 45.4 Å². The number of ketones is 1. The van der Waals surface area contributed by atoms with Gasteiger partial charge in [-0.1, -0.05) is 13.8 Å². The molecule has 0 radical (unpaired) electrons. The van der Waals surface area contributed by atoms with Gasteiger partial charge in [0.2, 0.25) is 0 Å². The molecular weight excluding hydrogens is 236 g/mol. The standard InChI is InChI=1S/C17H22O2/c1-17(2)7-6-11-8-16(18)13-5-4-12(19-3)9-14(13)15(11)10-17/h4-5,9,11,15H,6-8,10H2,1-3H3/t11-,15-/m1/s1. The Kier molecular flexibility index (Phi) is 2.92. The molecule has 19 heavy (non-hydrogen) atoms. The van der Waals surface area contributed by atoms with E-state index >= 15 is 0 Å². The zero-order valence-corrected chi connectivity index (χ0v) is 12.0. The van der Waals surface area contributed by atoms with Gasteiger partial charge in [0.05, 0.1) is 7.11 Å². The molecule has 0 bridgehead atoms. The molecule has 2 nitrogen and oxygen atoms in total. The summed E-state index contributed by atoms with van der Waals surface area (Å²) in [6.45, 7) is 4.69. The minimum atomic E-state index is 0.318. The van der Waals surface area contributed by atoms with Crippen LogP contribution in [0.5, 0.6) is 5.75 Å².